The standard InChI is InChI=1S/C12H16N4O2/c1-13-10-7-14-4-3-9(10)12(18)16-6-5-15(2)11(17)8-16/h3-4,7,13H,5-6,8H2,1-2H3. The highest BCUT2D eigenvalue weighted by Gasteiger charge is 2.26. The molecular weight excluding hydrogens is 232 g/mol. The summed E-state index contributed by atoms with van der Waals surface area (Å²) in [7, 11) is 3.48. The molecule has 0 spiro atoms. The Hall–Kier alpha value is -2.11. The van der Waals surface area contributed by atoms with Crippen molar-refractivity contribution in [2.75, 3.05) is 39.0 Å². The molecule has 1 aliphatic heterocycles. The van der Waals surface area contributed by atoms with Crippen LogP contribution in [-0.4, -0.2) is 60.3 Å². The van der Waals surface area contributed by atoms with Crippen LogP contribution in [0.15, 0.2) is 18.5 Å². The number of carbonyl (C=O) groups excluding carboxylic acids is 2. The highest BCUT2D eigenvalue weighted by atomic mass is 16.2. The predicted molar refractivity (Wildman–Crippen MR) is 67.3 cm³/mol. The Kier molecular flexibility index (Phi) is 3.45. The molecule has 2 heterocycles. The van der Waals surface area contributed by atoms with E-state index < -0.39 is 0 Å². The summed E-state index contributed by atoms with van der Waals surface area (Å²) >= 11 is 0. The van der Waals surface area contributed by atoms with Crippen molar-refractivity contribution in [3.05, 3.63) is 24.0 Å². The van der Waals surface area contributed by atoms with Gasteiger partial charge in [-0.05, 0) is 6.07 Å². The zero-order chi connectivity index (χ0) is 13.1. The molecule has 1 aromatic heterocycles. The summed E-state index contributed by atoms with van der Waals surface area (Å²) in [5.74, 6) is -0.169. The second kappa shape index (κ2) is 5.03. The van der Waals surface area contributed by atoms with Crippen LogP contribution in [0, 0.1) is 0 Å². The number of hydrogen-bond donors (Lipinski definition) is 1. The first-order chi connectivity index (χ1) is 8.63. The van der Waals surface area contributed by atoms with Crippen molar-refractivity contribution in [2.45, 2.75) is 0 Å². The normalized spacial score (nSPS) is 15.8. The maximum atomic E-state index is 12.3. The van der Waals surface area contributed by atoms with Crippen LogP contribution in [-0.2, 0) is 4.79 Å². The van der Waals surface area contributed by atoms with E-state index in [9.17, 15) is 9.59 Å². The number of anilines is 1. The van der Waals surface area contributed by atoms with Gasteiger partial charge in [-0.1, -0.05) is 0 Å². The molecule has 0 saturated carbocycles. The van der Waals surface area contributed by atoms with Gasteiger partial charge >= 0.3 is 0 Å². The molecule has 1 saturated heterocycles. The Morgan fingerprint density at radius 3 is 2.89 bits per heavy atom. The highest BCUT2D eigenvalue weighted by molar-refractivity contribution is 6.01. The molecule has 6 heteroatoms. The molecule has 0 aliphatic carbocycles. The van der Waals surface area contributed by atoms with Gasteiger partial charge < -0.3 is 15.1 Å². The maximum Gasteiger partial charge on any atom is 0.256 e. The number of likely N-dealkylation sites (N-methyl/N-ethyl adjacent to an activating group) is 1. The molecule has 2 rings (SSSR count). The lowest BCUT2D eigenvalue weighted by Crippen LogP contribution is -2.50. The Morgan fingerprint density at radius 1 is 1.44 bits per heavy atom. The Labute approximate surface area is 106 Å². The van der Waals surface area contributed by atoms with Crippen molar-refractivity contribution in [3.63, 3.8) is 0 Å². The van der Waals surface area contributed by atoms with Crippen LogP contribution in [0.25, 0.3) is 0 Å². The summed E-state index contributed by atoms with van der Waals surface area (Å²) in [6, 6.07) is 1.66. The van der Waals surface area contributed by atoms with Crippen molar-refractivity contribution in [1.29, 1.82) is 0 Å². The number of nitrogens with one attached hydrogen (secondary N) is 1. The number of nitrogens with zero attached hydrogens (tertiary/aromatic N) is 3. The van der Waals surface area contributed by atoms with Crippen molar-refractivity contribution < 1.29 is 9.59 Å². The molecule has 2 amide bonds. The molecule has 18 heavy (non-hydrogen) atoms. The number of rotatable bonds is 2. The minimum atomic E-state index is -0.136. The van der Waals surface area contributed by atoms with Gasteiger partial charge in [-0.2, -0.15) is 0 Å². The summed E-state index contributed by atoms with van der Waals surface area (Å²) in [4.78, 5) is 31.1. The number of piperazine rings is 1. The van der Waals surface area contributed by atoms with Crippen molar-refractivity contribution >= 4 is 17.5 Å². The van der Waals surface area contributed by atoms with Gasteiger partial charge in [-0.15, -0.1) is 0 Å². The van der Waals surface area contributed by atoms with Crippen molar-refractivity contribution in [1.82, 2.24) is 14.8 Å². The predicted octanol–water partition coefficient (Wildman–Crippen LogP) is 0.0375. The summed E-state index contributed by atoms with van der Waals surface area (Å²) in [6.45, 7) is 1.28. The Bertz CT molecular complexity index is 475. The van der Waals surface area contributed by atoms with Crippen LogP contribution < -0.4 is 5.32 Å². The van der Waals surface area contributed by atoms with E-state index in [1.807, 2.05) is 0 Å². The minimum Gasteiger partial charge on any atom is -0.386 e. The van der Waals surface area contributed by atoms with Gasteiger partial charge in [0, 0.05) is 33.4 Å². The zero-order valence-corrected chi connectivity index (χ0v) is 10.5. The van der Waals surface area contributed by atoms with Gasteiger partial charge in [0.15, 0.2) is 0 Å². The molecule has 96 valence electrons. The van der Waals surface area contributed by atoms with Crippen LogP contribution in [0.3, 0.4) is 0 Å². The van der Waals surface area contributed by atoms with E-state index in [1.165, 1.54) is 0 Å². The van der Waals surface area contributed by atoms with E-state index in [2.05, 4.69) is 10.3 Å². The lowest BCUT2D eigenvalue weighted by molar-refractivity contribution is -0.133. The summed E-state index contributed by atoms with van der Waals surface area (Å²) in [6.07, 6.45) is 3.18. The SMILES string of the molecule is CNc1cnccc1C(=O)N1CCN(C)C(=O)C1. The van der Waals surface area contributed by atoms with Crippen LogP contribution in [0.2, 0.25) is 0 Å². The second-order valence-electron chi connectivity index (χ2n) is 4.21. The minimum absolute atomic E-state index is 0.0327. The fraction of sp³-hybridized carbons (Fsp3) is 0.417. The van der Waals surface area contributed by atoms with Crippen molar-refractivity contribution in [3.8, 4) is 0 Å². The maximum absolute atomic E-state index is 12.3. The van der Waals surface area contributed by atoms with E-state index in [1.54, 1.807) is 42.4 Å². The summed E-state index contributed by atoms with van der Waals surface area (Å²) in [5, 5.41) is 2.93. The van der Waals surface area contributed by atoms with Crippen LogP contribution in [0.1, 0.15) is 10.4 Å². The van der Waals surface area contributed by atoms with Gasteiger partial charge in [0.05, 0.1) is 17.4 Å². The van der Waals surface area contributed by atoms with Gasteiger partial charge in [0.2, 0.25) is 5.91 Å². The van der Waals surface area contributed by atoms with Crippen molar-refractivity contribution in [2.24, 2.45) is 0 Å². The Balaban J connectivity index is 2.19. The fourth-order valence-electron chi connectivity index (χ4n) is 1.88. The van der Waals surface area contributed by atoms with E-state index in [-0.39, 0.29) is 18.4 Å². The monoisotopic (exact) mass is 248 g/mol. The smallest absolute Gasteiger partial charge is 0.256 e. The number of amides is 2. The molecule has 0 bridgehead atoms. The first kappa shape index (κ1) is 12.3. The van der Waals surface area contributed by atoms with E-state index >= 15 is 0 Å². The molecule has 1 aromatic rings. The molecule has 1 fully saturated rings. The van der Waals surface area contributed by atoms with E-state index in [0.29, 0.717) is 24.3 Å². The first-order valence-corrected chi connectivity index (χ1v) is 5.78. The average molecular weight is 248 g/mol. The molecule has 0 unspecified atom stereocenters. The zero-order valence-electron chi connectivity index (χ0n) is 10.5. The molecule has 0 radical (unpaired) electrons. The molecular formula is C12H16N4O2. The fourth-order valence-corrected chi connectivity index (χ4v) is 1.88. The average Bonchev–Trinajstić information content (AvgIpc) is 2.41. The van der Waals surface area contributed by atoms with E-state index in [0.717, 1.165) is 0 Å². The Morgan fingerprint density at radius 2 is 2.22 bits per heavy atom. The molecule has 6 nitrogen and oxygen atoms in total. The molecule has 0 atom stereocenters. The van der Waals surface area contributed by atoms with E-state index in [4.69, 9.17) is 0 Å². The topological polar surface area (TPSA) is 65.5 Å². The molecule has 1 N–H and O–H groups in total. The molecule has 1 aliphatic rings. The van der Waals surface area contributed by atoms with Crippen LogP contribution in [0.5, 0.6) is 0 Å². The lowest BCUT2D eigenvalue weighted by Gasteiger charge is -2.32. The van der Waals surface area contributed by atoms with Crippen LogP contribution in [0.4, 0.5) is 5.69 Å². The number of pyridine rings is 1. The quantitative estimate of drug-likeness (QED) is 0.802. The second-order valence-corrected chi connectivity index (χ2v) is 4.21. The third kappa shape index (κ3) is 2.27. The lowest BCUT2D eigenvalue weighted by atomic mass is 10.2. The number of carbonyl (C=O) groups is 2. The van der Waals surface area contributed by atoms with Gasteiger partial charge in [-0.3, -0.25) is 14.6 Å². The number of hydrogen-bond acceptors (Lipinski definition) is 4. The third-order valence-corrected chi connectivity index (χ3v) is 3.07. The summed E-state index contributed by atoms with van der Waals surface area (Å²) < 4.78 is 0. The highest BCUT2D eigenvalue weighted by Crippen LogP contribution is 2.16. The largest absolute Gasteiger partial charge is 0.386 e. The van der Waals surface area contributed by atoms with Crippen LogP contribution >= 0.6 is 0 Å². The number of aromatic nitrogens is 1. The first-order valence-electron chi connectivity index (χ1n) is 5.78. The summed E-state index contributed by atoms with van der Waals surface area (Å²) in [5.41, 5.74) is 1.22. The van der Waals surface area contributed by atoms with Gasteiger partial charge in [0.1, 0.15) is 6.54 Å². The van der Waals surface area contributed by atoms with Gasteiger partial charge in [-0.25, -0.2) is 0 Å². The van der Waals surface area contributed by atoms with Gasteiger partial charge in [0.25, 0.3) is 5.91 Å². The molecule has 0 aromatic carbocycles. The third-order valence-electron chi connectivity index (χ3n) is 3.07.